The molecule has 116 valence electrons. The number of primary amides is 1. The van der Waals surface area contributed by atoms with Gasteiger partial charge in [0, 0.05) is 13.1 Å². The zero-order chi connectivity index (χ0) is 15.2. The van der Waals surface area contributed by atoms with Crippen LogP contribution in [0, 0.1) is 0 Å². The Labute approximate surface area is 126 Å². The predicted octanol–water partition coefficient (Wildman–Crippen LogP) is 1.80. The first-order valence-corrected chi connectivity index (χ1v) is 7.53. The number of ether oxygens (including phenoxy) is 2. The number of piperidine rings is 1. The van der Waals surface area contributed by atoms with E-state index >= 15 is 0 Å². The fourth-order valence-corrected chi connectivity index (χ4v) is 2.56. The van der Waals surface area contributed by atoms with Crippen molar-refractivity contribution in [2.24, 2.45) is 5.73 Å². The average molecular weight is 292 g/mol. The van der Waals surface area contributed by atoms with Gasteiger partial charge in [0.2, 0.25) is 5.91 Å². The Hall–Kier alpha value is -1.75. The van der Waals surface area contributed by atoms with Crippen LogP contribution in [0.5, 0.6) is 11.5 Å². The minimum Gasteiger partial charge on any atom is -0.490 e. The molecule has 1 saturated heterocycles. The monoisotopic (exact) mass is 292 g/mol. The van der Waals surface area contributed by atoms with Gasteiger partial charge in [-0.15, -0.1) is 0 Å². The van der Waals surface area contributed by atoms with Crippen LogP contribution in [0.15, 0.2) is 24.3 Å². The summed E-state index contributed by atoms with van der Waals surface area (Å²) in [7, 11) is 0. The van der Waals surface area contributed by atoms with Gasteiger partial charge in [0.1, 0.15) is 6.10 Å². The van der Waals surface area contributed by atoms with Crippen LogP contribution in [-0.4, -0.2) is 42.6 Å². The summed E-state index contributed by atoms with van der Waals surface area (Å²) in [6, 6.07) is 7.53. The maximum atomic E-state index is 11.2. The number of rotatable bonds is 6. The zero-order valence-corrected chi connectivity index (χ0v) is 12.7. The summed E-state index contributed by atoms with van der Waals surface area (Å²) in [5, 5.41) is 0. The lowest BCUT2D eigenvalue weighted by molar-refractivity contribution is -0.123. The van der Waals surface area contributed by atoms with Crippen LogP contribution in [0.3, 0.4) is 0 Å². The number of hydrogen-bond donors (Lipinski definition) is 1. The minimum atomic E-state index is -0.268. The van der Waals surface area contributed by atoms with Gasteiger partial charge in [-0.3, -0.25) is 9.69 Å². The topological polar surface area (TPSA) is 64.8 Å². The van der Waals surface area contributed by atoms with Crippen molar-refractivity contribution in [2.75, 3.05) is 19.7 Å². The molecule has 1 atom stereocenters. The molecular weight excluding hydrogens is 268 g/mol. The Balaban J connectivity index is 1.90. The van der Waals surface area contributed by atoms with Crippen LogP contribution in [0.2, 0.25) is 0 Å². The molecule has 1 amide bonds. The number of benzene rings is 1. The highest BCUT2D eigenvalue weighted by Gasteiger charge is 2.26. The van der Waals surface area contributed by atoms with Crippen molar-refractivity contribution in [2.45, 2.75) is 38.8 Å². The second-order valence-electron chi connectivity index (χ2n) is 5.31. The normalized spacial score (nSPS) is 18.2. The van der Waals surface area contributed by atoms with Gasteiger partial charge in [0.25, 0.3) is 0 Å². The number of carbonyl (C=O) groups is 1. The van der Waals surface area contributed by atoms with E-state index < -0.39 is 0 Å². The molecule has 0 aromatic heterocycles. The lowest BCUT2D eigenvalue weighted by Gasteiger charge is -2.34. The first-order chi connectivity index (χ1) is 10.1. The molecule has 1 aliphatic rings. The van der Waals surface area contributed by atoms with Gasteiger partial charge in [-0.2, -0.15) is 0 Å². The van der Waals surface area contributed by atoms with E-state index in [0.29, 0.717) is 6.61 Å². The lowest BCUT2D eigenvalue weighted by atomic mass is 10.1. The molecule has 1 aromatic carbocycles. The van der Waals surface area contributed by atoms with Crippen LogP contribution < -0.4 is 15.2 Å². The zero-order valence-electron chi connectivity index (χ0n) is 12.7. The van der Waals surface area contributed by atoms with E-state index in [-0.39, 0.29) is 18.1 Å². The van der Waals surface area contributed by atoms with Crippen LogP contribution >= 0.6 is 0 Å². The number of carbonyl (C=O) groups excluding carboxylic acids is 1. The van der Waals surface area contributed by atoms with E-state index in [9.17, 15) is 4.79 Å². The largest absolute Gasteiger partial charge is 0.490 e. The Kier molecular flexibility index (Phi) is 5.44. The van der Waals surface area contributed by atoms with E-state index in [2.05, 4.69) is 4.90 Å². The van der Waals surface area contributed by atoms with Crippen molar-refractivity contribution in [3.8, 4) is 11.5 Å². The fourth-order valence-electron chi connectivity index (χ4n) is 2.56. The summed E-state index contributed by atoms with van der Waals surface area (Å²) in [6.07, 6.45) is 1.93. The van der Waals surface area contributed by atoms with E-state index in [1.54, 1.807) is 0 Å². The van der Waals surface area contributed by atoms with Gasteiger partial charge < -0.3 is 15.2 Å². The molecule has 0 radical (unpaired) electrons. The van der Waals surface area contributed by atoms with Crippen molar-refractivity contribution in [1.29, 1.82) is 0 Å². The molecule has 0 aliphatic carbocycles. The smallest absolute Gasteiger partial charge is 0.234 e. The number of hydrogen-bond acceptors (Lipinski definition) is 4. The summed E-state index contributed by atoms with van der Waals surface area (Å²) < 4.78 is 11.6. The average Bonchev–Trinajstić information content (AvgIpc) is 2.49. The van der Waals surface area contributed by atoms with E-state index in [0.717, 1.165) is 37.4 Å². The third-order valence-electron chi connectivity index (χ3n) is 3.88. The van der Waals surface area contributed by atoms with Gasteiger partial charge in [-0.05, 0) is 38.8 Å². The Morgan fingerprint density at radius 3 is 2.52 bits per heavy atom. The Bertz CT molecular complexity index is 470. The van der Waals surface area contributed by atoms with Crippen molar-refractivity contribution in [3.63, 3.8) is 0 Å². The van der Waals surface area contributed by atoms with Crippen LogP contribution in [0.1, 0.15) is 26.7 Å². The van der Waals surface area contributed by atoms with Gasteiger partial charge in [0.05, 0.1) is 12.6 Å². The molecule has 0 bridgehead atoms. The molecule has 1 fully saturated rings. The summed E-state index contributed by atoms with van der Waals surface area (Å²) in [6.45, 7) is 6.08. The quantitative estimate of drug-likeness (QED) is 0.868. The highest BCUT2D eigenvalue weighted by Crippen LogP contribution is 2.29. The maximum Gasteiger partial charge on any atom is 0.234 e. The first-order valence-electron chi connectivity index (χ1n) is 7.53. The molecule has 1 heterocycles. The van der Waals surface area contributed by atoms with Gasteiger partial charge in [-0.25, -0.2) is 0 Å². The van der Waals surface area contributed by atoms with E-state index in [1.807, 2.05) is 38.1 Å². The molecule has 1 aliphatic heterocycles. The van der Waals surface area contributed by atoms with Gasteiger partial charge >= 0.3 is 0 Å². The first kappa shape index (κ1) is 15.6. The summed E-state index contributed by atoms with van der Waals surface area (Å²) >= 11 is 0. The molecular formula is C16H24N2O3. The van der Waals surface area contributed by atoms with Crippen LogP contribution in [0.25, 0.3) is 0 Å². The molecule has 0 saturated carbocycles. The minimum absolute atomic E-state index is 0.155. The van der Waals surface area contributed by atoms with Gasteiger partial charge in [-0.1, -0.05) is 12.1 Å². The Morgan fingerprint density at radius 2 is 1.95 bits per heavy atom. The molecule has 21 heavy (non-hydrogen) atoms. The molecule has 1 aromatic rings. The molecule has 2 rings (SSSR count). The second kappa shape index (κ2) is 7.31. The fraction of sp³-hybridized carbons (Fsp3) is 0.562. The number of para-hydroxylation sites is 2. The van der Waals surface area contributed by atoms with Crippen molar-refractivity contribution < 1.29 is 14.3 Å². The third-order valence-corrected chi connectivity index (χ3v) is 3.88. The van der Waals surface area contributed by atoms with E-state index in [1.165, 1.54) is 0 Å². The molecule has 0 spiro atoms. The van der Waals surface area contributed by atoms with Crippen molar-refractivity contribution >= 4 is 5.91 Å². The lowest BCUT2D eigenvalue weighted by Crippen LogP contribution is -2.48. The highest BCUT2D eigenvalue weighted by atomic mass is 16.5. The molecule has 2 N–H and O–H groups in total. The molecule has 0 unspecified atom stereocenters. The maximum absolute atomic E-state index is 11.2. The highest BCUT2D eigenvalue weighted by molar-refractivity contribution is 5.79. The van der Waals surface area contributed by atoms with Crippen molar-refractivity contribution in [3.05, 3.63) is 24.3 Å². The summed E-state index contributed by atoms with van der Waals surface area (Å²) in [5.41, 5.74) is 5.35. The summed E-state index contributed by atoms with van der Waals surface area (Å²) in [5.74, 6) is 1.31. The second-order valence-corrected chi connectivity index (χ2v) is 5.31. The SMILES string of the molecule is CCOc1ccccc1OC1CCN([C@H](C)C(N)=O)CC1. The number of amides is 1. The van der Waals surface area contributed by atoms with E-state index in [4.69, 9.17) is 15.2 Å². The molecule has 5 heteroatoms. The summed E-state index contributed by atoms with van der Waals surface area (Å²) in [4.78, 5) is 13.3. The Morgan fingerprint density at radius 1 is 1.33 bits per heavy atom. The predicted molar refractivity (Wildman–Crippen MR) is 81.5 cm³/mol. The standard InChI is InChI=1S/C16H24N2O3/c1-3-20-14-6-4-5-7-15(14)21-13-8-10-18(11-9-13)12(2)16(17)19/h4-7,12-13H,3,8-11H2,1-2H3,(H2,17,19)/t12-/m1/s1. The number of nitrogens with two attached hydrogens (primary N) is 1. The third kappa shape index (κ3) is 4.11. The van der Waals surface area contributed by atoms with Gasteiger partial charge in [0.15, 0.2) is 11.5 Å². The van der Waals surface area contributed by atoms with Crippen molar-refractivity contribution in [1.82, 2.24) is 4.90 Å². The van der Waals surface area contributed by atoms with Crippen LogP contribution in [-0.2, 0) is 4.79 Å². The number of nitrogens with zero attached hydrogens (tertiary/aromatic N) is 1. The van der Waals surface area contributed by atoms with Crippen LogP contribution in [0.4, 0.5) is 0 Å². The molecule has 5 nitrogen and oxygen atoms in total. The number of likely N-dealkylation sites (tertiary alicyclic amines) is 1.